The van der Waals surface area contributed by atoms with Crippen molar-refractivity contribution in [3.63, 3.8) is 0 Å². The van der Waals surface area contributed by atoms with Crippen molar-refractivity contribution in [3.05, 3.63) is 42.1 Å². The molecule has 1 aromatic heterocycles. The van der Waals surface area contributed by atoms with Gasteiger partial charge in [-0.05, 0) is 23.1 Å². The predicted molar refractivity (Wildman–Crippen MR) is 93.5 cm³/mol. The standard InChI is InChI=1S/C18H24N4O/c1-18(2,3)14-6-4-5-7-15(14)20-16-8-9-19-17(21-16)22-10-12-23-13-11-22/h4-9H,10-13H2,1-3H3,(H,19,20,21). The molecule has 2 aromatic rings. The first-order valence-electron chi connectivity index (χ1n) is 8.06. The zero-order valence-corrected chi connectivity index (χ0v) is 14.0. The van der Waals surface area contributed by atoms with E-state index in [0.29, 0.717) is 0 Å². The van der Waals surface area contributed by atoms with E-state index in [-0.39, 0.29) is 5.41 Å². The number of nitrogens with one attached hydrogen (secondary N) is 1. The Morgan fingerprint density at radius 3 is 2.57 bits per heavy atom. The smallest absolute Gasteiger partial charge is 0.227 e. The van der Waals surface area contributed by atoms with Gasteiger partial charge in [0, 0.05) is 25.0 Å². The quantitative estimate of drug-likeness (QED) is 0.942. The zero-order chi connectivity index (χ0) is 16.3. The number of para-hydroxylation sites is 1. The van der Waals surface area contributed by atoms with E-state index in [1.807, 2.05) is 12.1 Å². The minimum atomic E-state index is 0.0731. The number of hydrogen-bond acceptors (Lipinski definition) is 5. The summed E-state index contributed by atoms with van der Waals surface area (Å²) in [4.78, 5) is 11.2. The maximum Gasteiger partial charge on any atom is 0.227 e. The fraction of sp³-hybridized carbons (Fsp3) is 0.444. The van der Waals surface area contributed by atoms with Crippen LogP contribution in [0.1, 0.15) is 26.3 Å². The van der Waals surface area contributed by atoms with Crippen LogP contribution >= 0.6 is 0 Å². The van der Waals surface area contributed by atoms with Gasteiger partial charge in [0.2, 0.25) is 5.95 Å². The molecule has 3 rings (SSSR count). The summed E-state index contributed by atoms with van der Waals surface area (Å²) < 4.78 is 5.39. The highest BCUT2D eigenvalue weighted by molar-refractivity contribution is 5.62. The Hall–Kier alpha value is -2.14. The number of morpholine rings is 1. The third-order valence-corrected chi connectivity index (χ3v) is 3.93. The maximum absolute atomic E-state index is 5.39. The summed E-state index contributed by atoms with van der Waals surface area (Å²) in [5, 5.41) is 3.45. The molecule has 5 heteroatoms. The van der Waals surface area contributed by atoms with Crippen molar-refractivity contribution >= 4 is 17.5 Å². The summed E-state index contributed by atoms with van der Waals surface area (Å²) in [6.07, 6.45) is 1.81. The SMILES string of the molecule is CC(C)(C)c1ccccc1Nc1ccnc(N2CCOCC2)n1. The van der Waals surface area contributed by atoms with Crippen molar-refractivity contribution in [2.24, 2.45) is 0 Å². The Bertz CT molecular complexity index is 660. The van der Waals surface area contributed by atoms with Gasteiger partial charge in [0.05, 0.1) is 13.2 Å². The highest BCUT2D eigenvalue weighted by Gasteiger charge is 2.18. The average Bonchev–Trinajstić information content (AvgIpc) is 2.55. The number of aromatic nitrogens is 2. The van der Waals surface area contributed by atoms with Crippen LogP contribution in [0.2, 0.25) is 0 Å². The van der Waals surface area contributed by atoms with Crippen LogP contribution in [0.5, 0.6) is 0 Å². The third kappa shape index (κ3) is 3.79. The lowest BCUT2D eigenvalue weighted by Crippen LogP contribution is -2.37. The lowest BCUT2D eigenvalue weighted by molar-refractivity contribution is 0.122. The monoisotopic (exact) mass is 312 g/mol. The van der Waals surface area contributed by atoms with Crippen LogP contribution in [-0.2, 0) is 10.2 Å². The average molecular weight is 312 g/mol. The molecular formula is C18H24N4O. The lowest BCUT2D eigenvalue weighted by Gasteiger charge is -2.27. The molecule has 1 fully saturated rings. The molecule has 0 saturated carbocycles. The number of anilines is 3. The van der Waals surface area contributed by atoms with Gasteiger partial charge in [0.25, 0.3) is 0 Å². The van der Waals surface area contributed by atoms with Crippen LogP contribution in [0, 0.1) is 0 Å². The minimum absolute atomic E-state index is 0.0731. The highest BCUT2D eigenvalue weighted by Crippen LogP contribution is 2.31. The van der Waals surface area contributed by atoms with Gasteiger partial charge >= 0.3 is 0 Å². The molecule has 5 nitrogen and oxygen atoms in total. The van der Waals surface area contributed by atoms with E-state index in [1.165, 1.54) is 5.56 Å². The van der Waals surface area contributed by atoms with E-state index >= 15 is 0 Å². The van der Waals surface area contributed by atoms with E-state index in [9.17, 15) is 0 Å². The Labute approximate surface area is 137 Å². The third-order valence-electron chi connectivity index (χ3n) is 3.93. The van der Waals surface area contributed by atoms with Crippen LogP contribution in [0.4, 0.5) is 17.5 Å². The van der Waals surface area contributed by atoms with Crippen LogP contribution in [0.25, 0.3) is 0 Å². The van der Waals surface area contributed by atoms with Gasteiger partial charge in [-0.1, -0.05) is 39.0 Å². The molecular weight excluding hydrogens is 288 g/mol. The van der Waals surface area contributed by atoms with Gasteiger partial charge in [-0.2, -0.15) is 4.98 Å². The summed E-state index contributed by atoms with van der Waals surface area (Å²) in [5.41, 5.74) is 2.43. The molecule has 0 aliphatic carbocycles. The van der Waals surface area contributed by atoms with Gasteiger partial charge in [0.15, 0.2) is 0 Å². The predicted octanol–water partition coefficient (Wildman–Crippen LogP) is 3.35. The molecule has 0 atom stereocenters. The largest absolute Gasteiger partial charge is 0.378 e. The number of nitrogens with zero attached hydrogens (tertiary/aromatic N) is 3. The second kappa shape index (κ2) is 6.54. The molecule has 0 radical (unpaired) electrons. The van der Waals surface area contributed by atoms with Gasteiger partial charge in [0.1, 0.15) is 5.82 Å². The van der Waals surface area contributed by atoms with Crippen molar-refractivity contribution in [1.82, 2.24) is 9.97 Å². The molecule has 1 saturated heterocycles. The second-order valence-electron chi connectivity index (χ2n) is 6.76. The topological polar surface area (TPSA) is 50.3 Å². The number of hydrogen-bond donors (Lipinski definition) is 1. The molecule has 1 aliphatic rings. The van der Waals surface area contributed by atoms with Crippen molar-refractivity contribution < 1.29 is 4.74 Å². The van der Waals surface area contributed by atoms with Gasteiger partial charge in [-0.3, -0.25) is 0 Å². The number of benzene rings is 1. The zero-order valence-electron chi connectivity index (χ0n) is 14.0. The molecule has 0 bridgehead atoms. The summed E-state index contributed by atoms with van der Waals surface area (Å²) in [5.74, 6) is 1.57. The normalized spacial score (nSPS) is 15.5. The summed E-state index contributed by atoms with van der Waals surface area (Å²) in [6, 6.07) is 10.3. The molecule has 1 aliphatic heterocycles. The molecule has 0 spiro atoms. The summed E-state index contributed by atoms with van der Waals surface area (Å²) >= 11 is 0. The molecule has 2 heterocycles. The van der Waals surface area contributed by atoms with Gasteiger partial charge in [-0.15, -0.1) is 0 Å². The Morgan fingerprint density at radius 1 is 1.09 bits per heavy atom. The molecule has 1 aromatic carbocycles. The first-order chi connectivity index (χ1) is 11.0. The van der Waals surface area contributed by atoms with Gasteiger partial charge < -0.3 is 15.0 Å². The Kier molecular flexibility index (Phi) is 4.48. The van der Waals surface area contributed by atoms with Crippen LogP contribution < -0.4 is 10.2 Å². The first-order valence-corrected chi connectivity index (χ1v) is 8.06. The first kappa shape index (κ1) is 15.7. The van der Waals surface area contributed by atoms with Crippen LogP contribution in [-0.4, -0.2) is 36.3 Å². The van der Waals surface area contributed by atoms with E-state index < -0.39 is 0 Å². The van der Waals surface area contributed by atoms with E-state index in [4.69, 9.17) is 4.74 Å². The van der Waals surface area contributed by atoms with Crippen LogP contribution in [0.15, 0.2) is 36.5 Å². The summed E-state index contributed by atoms with van der Waals surface area (Å²) in [6.45, 7) is 9.78. The highest BCUT2D eigenvalue weighted by atomic mass is 16.5. The van der Waals surface area contributed by atoms with Gasteiger partial charge in [-0.25, -0.2) is 4.98 Å². The Morgan fingerprint density at radius 2 is 1.83 bits per heavy atom. The minimum Gasteiger partial charge on any atom is -0.378 e. The number of rotatable bonds is 3. The number of ether oxygens (including phenoxy) is 1. The lowest BCUT2D eigenvalue weighted by atomic mass is 9.86. The molecule has 122 valence electrons. The van der Waals surface area contributed by atoms with E-state index in [0.717, 1.165) is 43.8 Å². The molecule has 23 heavy (non-hydrogen) atoms. The van der Waals surface area contributed by atoms with E-state index in [2.05, 4.69) is 59.2 Å². The second-order valence-corrected chi connectivity index (χ2v) is 6.76. The molecule has 0 unspecified atom stereocenters. The van der Waals surface area contributed by atoms with Crippen molar-refractivity contribution in [2.45, 2.75) is 26.2 Å². The fourth-order valence-electron chi connectivity index (χ4n) is 2.72. The summed E-state index contributed by atoms with van der Waals surface area (Å²) in [7, 11) is 0. The maximum atomic E-state index is 5.39. The van der Waals surface area contributed by atoms with Crippen molar-refractivity contribution in [1.29, 1.82) is 0 Å². The van der Waals surface area contributed by atoms with Crippen LogP contribution in [0.3, 0.4) is 0 Å². The van der Waals surface area contributed by atoms with Crippen molar-refractivity contribution in [3.8, 4) is 0 Å². The van der Waals surface area contributed by atoms with Crippen molar-refractivity contribution in [2.75, 3.05) is 36.5 Å². The fourth-order valence-corrected chi connectivity index (χ4v) is 2.72. The molecule has 0 amide bonds. The van der Waals surface area contributed by atoms with E-state index in [1.54, 1.807) is 6.20 Å². The Balaban J connectivity index is 1.84. The molecule has 1 N–H and O–H groups in total.